The van der Waals surface area contributed by atoms with Crippen molar-refractivity contribution in [3.05, 3.63) is 29.3 Å². The first-order valence-electron chi connectivity index (χ1n) is 9.25. The lowest BCUT2D eigenvalue weighted by Crippen LogP contribution is -2.35. The Balaban J connectivity index is 1.97. The van der Waals surface area contributed by atoms with Crippen LogP contribution in [-0.2, 0) is 11.3 Å². The van der Waals surface area contributed by atoms with Gasteiger partial charge in [-0.05, 0) is 38.0 Å². The van der Waals surface area contributed by atoms with Crippen molar-refractivity contribution in [2.45, 2.75) is 71.3 Å². The minimum absolute atomic E-state index is 0.0230. The molecule has 0 amide bonds. The van der Waals surface area contributed by atoms with E-state index >= 15 is 0 Å². The minimum atomic E-state index is -0.585. The van der Waals surface area contributed by atoms with Crippen molar-refractivity contribution >= 4 is 5.78 Å². The average molecular weight is 349 g/mol. The molecule has 0 radical (unpaired) electrons. The first-order valence-corrected chi connectivity index (χ1v) is 9.25. The van der Waals surface area contributed by atoms with Crippen LogP contribution < -0.4 is 10.1 Å². The molecule has 1 aromatic rings. The fraction of sp³-hybridized carbons (Fsp3) is 0.650. The van der Waals surface area contributed by atoms with E-state index in [9.17, 15) is 9.90 Å². The Morgan fingerprint density at radius 3 is 2.68 bits per heavy atom. The number of nitrogens with one attached hydrogen (secondary N) is 1. The van der Waals surface area contributed by atoms with Crippen molar-refractivity contribution in [2.24, 2.45) is 0 Å². The molecule has 5 heteroatoms. The van der Waals surface area contributed by atoms with Crippen LogP contribution in [0, 0.1) is 0 Å². The lowest BCUT2D eigenvalue weighted by atomic mass is 10.1. The molecule has 1 aliphatic carbocycles. The van der Waals surface area contributed by atoms with E-state index in [4.69, 9.17) is 9.47 Å². The van der Waals surface area contributed by atoms with Crippen LogP contribution in [0.3, 0.4) is 0 Å². The number of hydrogen-bond donors (Lipinski definition) is 2. The molecular weight excluding hydrogens is 318 g/mol. The van der Waals surface area contributed by atoms with Gasteiger partial charge in [0.15, 0.2) is 5.78 Å². The van der Waals surface area contributed by atoms with Crippen LogP contribution in [0.25, 0.3) is 0 Å². The van der Waals surface area contributed by atoms with Gasteiger partial charge in [0.25, 0.3) is 0 Å². The Hall–Kier alpha value is -1.43. The Labute approximate surface area is 150 Å². The second kappa shape index (κ2) is 9.90. The third kappa shape index (κ3) is 6.77. The zero-order valence-corrected chi connectivity index (χ0v) is 15.6. The number of Topliss-reactive ketones (excluding diaryl/α,β-unsaturated/α-hetero) is 1. The van der Waals surface area contributed by atoms with Gasteiger partial charge in [0.05, 0.1) is 12.7 Å². The van der Waals surface area contributed by atoms with Crippen LogP contribution in [0.2, 0.25) is 0 Å². The molecule has 140 valence electrons. The van der Waals surface area contributed by atoms with Gasteiger partial charge in [-0.15, -0.1) is 0 Å². The first-order chi connectivity index (χ1) is 12.0. The molecule has 1 atom stereocenters. The second-order valence-electron chi connectivity index (χ2n) is 7.12. The molecule has 0 aliphatic heterocycles. The van der Waals surface area contributed by atoms with Crippen molar-refractivity contribution in [3.8, 4) is 5.75 Å². The number of aliphatic hydroxyl groups excluding tert-OH is 1. The lowest BCUT2D eigenvalue weighted by molar-refractivity contribution is 0.0430. The van der Waals surface area contributed by atoms with Gasteiger partial charge in [0.1, 0.15) is 18.5 Å². The molecule has 25 heavy (non-hydrogen) atoms. The second-order valence-corrected chi connectivity index (χ2v) is 7.12. The number of carbonyl (C=O) groups is 1. The van der Waals surface area contributed by atoms with Crippen molar-refractivity contribution < 1.29 is 19.4 Å². The Bertz CT molecular complexity index is 553. The van der Waals surface area contributed by atoms with Gasteiger partial charge in [-0.3, -0.25) is 4.79 Å². The molecule has 1 fully saturated rings. The molecule has 5 nitrogen and oxygen atoms in total. The highest BCUT2D eigenvalue weighted by Crippen LogP contribution is 2.26. The largest absolute Gasteiger partial charge is 0.490 e. The van der Waals surface area contributed by atoms with Gasteiger partial charge in [-0.1, -0.05) is 26.7 Å². The predicted molar refractivity (Wildman–Crippen MR) is 98.1 cm³/mol. The Morgan fingerprint density at radius 1 is 1.32 bits per heavy atom. The summed E-state index contributed by atoms with van der Waals surface area (Å²) in [4.78, 5) is 11.7. The van der Waals surface area contributed by atoms with Crippen LogP contribution >= 0.6 is 0 Å². The monoisotopic (exact) mass is 349 g/mol. The first kappa shape index (κ1) is 19.9. The molecule has 1 aliphatic rings. The fourth-order valence-electron chi connectivity index (χ4n) is 2.93. The summed E-state index contributed by atoms with van der Waals surface area (Å²) in [5.41, 5.74) is 1.52. The molecule has 0 heterocycles. The quantitative estimate of drug-likeness (QED) is 0.635. The molecule has 2 N–H and O–H groups in total. The highest BCUT2D eigenvalue weighted by atomic mass is 16.5. The summed E-state index contributed by atoms with van der Waals surface area (Å²) in [5, 5.41) is 13.2. The zero-order chi connectivity index (χ0) is 18.2. The number of aliphatic hydroxyl groups is 1. The van der Waals surface area contributed by atoms with E-state index < -0.39 is 6.10 Å². The van der Waals surface area contributed by atoms with Crippen molar-refractivity contribution in [1.29, 1.82) is 0 Å². The molecule has 1 unspecified atom stereocenters. The topological polar surface area (TPSA) is 67.8 Å². The number of ether oxygens (including phenoxy) is 2. The number of hydrogen-bond acceptors (Lipinski definition) is 5. The summed E-state index contributed by atoms with van der Waals surface area (Å²) < 4.78 is 11.8. The number of rotatable bonds is 10. The molecule has 2 rings (SSSR count). The fourth-order valence-corrected chi connectivity index (χ4v) is 2.93. The van der Waals surface area contributed by atoms with Gasteiger partial charge >= 0.3 is 0 Å². The maximum Gasteiger partial charge on any atom is 0.159 e. The maximum atomic E-state index is 11.7. The summed E-state index contributed by atoms with van der Waals surface area (Å²) in [5.74, 6) is 0.696. The predicted octanol–water partition coefficient (Wildman–Crippen LogP) is 3.09. The van der Waals surface area contributed by atoms with E-state index in [1.165, 1.54) is 12.8 Å². The van der Waals surface area contributed by atoms with Crippen molar-refractivity contribution in [2.75, 3.05) is 13.2 Å². The smallest absolute Gasteiger partial charge is 0.159 e. The third-order valence-corrected chi connectivity index (χ3v) is 4.44. The molecule has 0 bridgehead atoms. The van der Waals surface area contributed by atoms with E-state index in [-0.39, 0.29) is 12.4 Å². The van der Waals surface area contributed by atoms with E-state index in [0.717, 1.165) is 18.4 Å². The average Bonchev–Trinajstić information content (AvgIpc) is 3.09. The van der Waals surface area contributed by atoms with E-state index in [1.54, 1.807) is 19.1 Å². The normalized spacial score (nSPS) is 16.4. The highest BCUT2D eigenvalue weighted by molar-refractivity contribution is 5.94. The van der Waals surface area contributed by atoms with Gasteiger partial charge in [-0.2, -0.15) is 0 Å². The highest BCUT2D eigenvalue weighted by Gasteiger charge is 2.17. The number of carbonyl (C=O) groups excluding carboxylic acids is 1. The minimum Gasteiger partial charge on any atom is -0.490 e. The number of benzene rings is 1. The van der Waals surface area contributed by atoms with Gasteiger partial charge in [0.2, 0.25) is 0 Å². The standard InChI is InChI=1S/C20H31NO4/c1-14(2)21-11-18(23)13-25-20-9-8-16(15(3)22)10-17(20)12-24-19-6-4-5-7-19/h8-10,14,18-19,21,23H,4-7,11-13H2,1-3H3. The lowest BCUT2D eigenvalue weighted by Gasteiger charge is -2.18. The molecule has 1 saturated carbocycles. The van der Waals surface area contributed by atoms with Gasteiger partial charge < -0.3 is 19.9 Å². The third-order valence-electron chi connectivity index (χ3n) is 4.44. The molecule has 0 saturated heterocycles. The Morgan fingerprint density at radius 2 is 2.04 bits per heavy atom. The van der Waals surface area contributed by atoms with Crippen LogP contribution in [0.4, 0.5) is 0 Å². The van der Waals surface area contributed by atoms with Crippen LogP contribution in [0.15, 0.2) is 18.2 Å². The van der Waals surface area contributed by atoms with Crippen LogP contribution in [0.1, 0.15) is 62.4 Å². The summed E-state index contributed by atoms with van der Waals surface area (Å²) >= 11 is 0. The van der Waals surface area contributed by atoms with Gasteiger partial charge in [0, 0.05) is 23.7 Å². The van der Waals surface area contributed by atoms with Crippen molar-refractivity contribution in [3.63, 3.8) is 0 Å². The summed E-state index contributed by atoms with van der Waals surface area (Å²) in [6.07, 6.45) is 4.35. The van der Waals surface area contributed by atoms with Gasteiger partial charge in [-0.25, -0.2) is 0 Å². The number of ketones is 1. The molecule has 0 aromatic heterocycles. The van der Waals surface area contributed by atoms with Crippen LogP contribution in [-0.4, -0.2) is 42.3 Å². The molecular formula is C20H31NO4. The zero-order valence-electron chi connectivity index (χ0n) is 15.6. The summed E-state index contributed by atoms with van der Waals surface area (Å²) in [6.45, 7) is 6.74. The van der Waals surface area contributed by atoms with E-state index in [0.29, 0.717) is 36.6 Å². The van der Waals surface area contributed by atoms with Crippen LogP contribution in [0.5, 0.6) is 5.75 Å². The van der Waals surface area contributed by atoms with E-state index in [1.807, 2.05) is 19.9 Å². The van der Waals surface area contributed by atoms with E-state index in [2.05, 4.69) is 5.32 Å². The maximum absolute atomic E-state index is 11.7. The Kier molecular flexibility index (Phi) is 7.88. The molecule has 1 aromatic carbocycles. The SMILES string of the molecule is CC(=O)c1ccc(OCC(O)CNC(C)C)c(COC2CCCC2)c1. The summed E-state index contributed by atoms with van der Waals surface area (Å²) in [6, 6.07) is 5.72. The summed E-state index contributed by atoms with van der Waals surface area (Å²) in [7, 11) is 0. The van der Waals surface area contributed by atoms with Crippen molar-refractivity contribution in [1.82, 2.24) is 5.32 Å². The molecule has 0 spiro atoms.